The van der Waals surface area contributed by atoms with Crippen molar-refractivity contribution in [3.05, 3.63) is 101 Å². The molecule has 2 heterocycles. The number of fused-ring (bicyclic) bond motifs is 2. The molecule has 7 heteroatoms. The summed E-state index contributed by atoms with van der Waals surface area (Å²) >= 11 is 8.36. The zero-order valence-electron chi connectivity index (χ0n) is 18.3. The summed E-state index contributed by atoms with van der Waals surface area (Å²) < 4.78 is 0.394. The number of carbonyl (C=O) groups is 2. The van der Waals surface area contributed by atoms with Gasteiger partial charge in [-0.3, -0.25) is 19.4 Å². The molecule has 168 valence electrons. The Labute approximate surface area is 212 Å². The van der Waals surface area contributed by atoms with Gasteiger partial charge in [-0.05, 0) is 48.4 Å². The highest BCUT2D eigenvalue weighted by molar-refractivity contribution is 8.26. The number of para-hydroxylation sites is 2. The first-order chi connectivity index (χ1) is 16.5. The summed E-state index contributed by atoms with van der Waals surface area (Å²) in [5.74, 6) is -0.439. The van der Waals surface area contributed by atoms with E-state index in [9.17, 15) is 9.59 Å². The molecule has 2 aliphatic heterocycles. The predicted octanol–water partition coefficient (Wildman–Crippen LogP) is 6.66. The summed E-state index contributed by atoms with van der Waals surface area (Å²) in [6.45, 7) is 1.83. The number of benzene rings is 3. The lowest BCUT2D eigenvalue weighted by Crippen LogP contribution is -2.41. The van der Waals surface area contributed by atoms with Gasteiger partial charge in [0.2, 0.25) is 0 Å². The lowest BCUT2D eigenvalue weighted by atomic mass is 10.1. The summed E-state index contributed by atoms with van der Waals surface area (Å²) in [7, 11) is 0. The van der Waals surface area contributed by atoms with Gasteiger partial charge in [0.25, 0.3) is 11.8 Å². The van der Waals surface area contributed by atoms with E-state index in [1.54, 1.807) is 16.7 Å². The highest BCUT2D eigenvalue weighted by Gasteiger charge is 2.36. The Bertz CT molecular complexity index is 1320. The molecule has 2 aliphatic rings. The zero-order valence-corrected chi connectivity index (χ0v) is 20.8. The molecule has 1 saturated heterocycles. The maximum absolute atomic E-state index is 13.6. The van der Waals surface area contributed by atoms with E-state index in [-0.39, 0.29) is 18.4 Å². The highest BCUT2D eigenvalue weighted by atomic mass is 32.2. The Balaban J connectivity index is 1.39. The zero-order chi connectivity index (χ0) is 23.7. The molecule has 0 N–H and O–H groups in total. The normalized spacial score (nSPS) is 16.6. The molecule has 0 radical (unpaired) electrons. The van der Waals surface area contributed by atoms with E-state index in [2.05, 4.69) is 0 Å². The van der Waals surface area contributed by atoms with Crippen LogP contribution in [0, 0.1) is 0 Å². The minimum Gasteiger partial charge on any atom is -0.283 e. The van der Waals surface area contributed by atoms with E-state index in [1.165, 1.54) is 16.7 Å². The Kier molecular flexibility index (Phi) is 6.41. The van der Waals surface area contributed by atoms with Crippen LogP contribution >= 0.6 is 35.7 Å². The number of hydrogen-bond acceptors (Lipinski definition) is 5. The van der Waals surface area contributed by atoms with Crippen molar-refractivity contribution in [3.8, 4) is 0 Å². The molecule has 0 spiro atoms. The lowest BCUT2D eigenvalue weighted by molar-refractivity contribution is -0.127. The highest BCUT2D eigenvalue weighted by Crippen LogP contribution is 2.48. The molecule has 0 unspecified atom stereocenters. The molecular weight excluding hydrogens is 481 g/mol. The maximum Gasteiger partial charge on any atom is 0.266 e. The van der Waals surface area contributed by atoms with Crippen LogP contribution in [0.5, 0.6) is 0 Å². The quantitative estimate of drug-likeness (QED) is 0.296. The van der Waals surface area contributed by atoms with Gasteiger partial charge in [0, 0.05) is 9.79 Å². The molecule has 3 aromatic carbocycles. The average molecular weight is 501 g/mol. The second-order valence-electron chi connectivity index (χ2n) is 7.83. The molecule has 34 heavy (non-hydrogen) atoms. The van der Waals surface area contributed by atoms with Gasteiger partial charge in [0.1, 0.15) is 10.9 Å². The van der Waals surface area contributed by atoms with Gasteiger partial charge in [-0.1, -0.05) is 96.4 Å². The van der Waals surface area contributed by atoms with Crippen molar-refractivity contribution in [3.63, 3.8) is 0 Å². The molecule has 0 saturated carbocycles. The van der Waals surface area contributed by atoms with E-state index in [1.807, 2.05) is 97.9 Å². The Morgan fingerprint density at radius 2 is 1.47 bits per heavy atom. The predicted molar refractivity (Wildman–Crippen MR) is 144 cm³/mol. The van der Waals surface area contributed by atoms with Gasteiger partial charge >= 0.3 is 0 Å². The Hall–Kier alpha value is -3.13. The number of hydrogen-bond donors (Lipinski definition) is 0. The summed E-state index contributed by atoms with van der Waals surface area (Å²) in [5.41, 5.74) is 3.63. The summed E-state index contributed by atoms with van der Waals surface area (Å²) in [6, 6.07) is 25.5. The second-order valence-corrected chi connectivity index (χ2v) is 10.6. The van der Waals surface area contributed by atoms with Gasteiger partial charge in [-0.25, -0.2) is 0 Å². The SMILES string of the molecule is CC(/C=C1\SC(=S)N(CC(=O)N2c3ccccc3Sc3ccccc32)C1=O)=C\c1ccccc1. The monoisotopic (exact) mass is 500 g/mol. The first-order valence-corrected chi connectivity index (χ1v) is 12.7. The molecule has 1 fully saturated rings. The Morgan fingerprint density at radius 3 is 2.12 bits per heavy atom. The third kappa shape index (κ3) is 4.46. The first kappa shape index (κ1) is 22.7. The van der Waals surface area contributed by atoms with Crippen LogP contribution in [-0.2, 0) is 9.59 Å². The summed E-state index contributed by atoms with van der Waals surface area (Å²) in [4.78, 5) is 32.4. The van der Waals surface area contributed by atoms with E-state index < -0.39 is 0 Å². The smallest absolute Gasteiger partial charge is 0.266 e. The third-order valence-electron chi connectivity index (χ3n) is 5.40. The molecule has 0 aliphatic carbocycles. The number of thioether (sulfide) groups is 1. The van der Waals surface area contributed by atoms with Crippen LogP contribution in [0.3, 0.4) is 0 Å². The van der Waals surface area contributed by atoms with Gasteiger partial charge < -0.3 is 0 Å². The molecule has 3 aromatic rings. The van der Waals surface area contributed by atoms with Crippen LogP contribution < -0.4 is 4.90 Å². The minimum atomic E-state index is -0.239. The van der Waals surface area contributed by atoms with Crippen molar-refractivity contribution in [2.45, 2.75) is 16.7 Å². The lowest BCUT2D eigenvalue weighted by Gasteiger charge is -2.32. The van der Waals surface area contributed by atoms with Gasteiger partial charge in [-0.15, -0.1) is 0 Å². The molecule has 0 bridgehead atoms. The molecule has 0 aromatic heterocycles. The van der Waals surface area contributed by atoms with Crippen molar-refractivity contribution < 1.29 is 9.59 Å². The number of allylic oxidation sites excluding steroid dienone is 2. The summed E-state index contributed by atoms with van der Waals surface area (Å²) in [6.07, 6.45) is 3.84. The van der Waals surface area contributed by atoms with Crippen LogP contribution in [0.4, 0.5) is 11.4 Å². The van der Waals surface area contributed by atoms with Crippen LogP contribution in [-0.4, -0.2) is 27.6 Å². The van der Waals surface area contributed by atoms with Crippen molar-refractivity contribution >= 4 is 69.3 Å². The van der Waals surface area contributed by atoms with Crippen molar-refractivity contribution in [2.75, 3.05) is 11.4 Å². The van der Waals surface area contributed by atoms with Crippen LogP contribution in [0.2, 0.25) is 0 Å². The Morgan fingerprint density at radius 1 is 0.882 bits per heavy atom. The summed E-state index contributed by atoms with van der Waals surface area (Å²) in [5, 5.41) is 0. The average Bonchev–Trinajstić information content (AvgIpc) is 3.10. The molecule has 0 atom stereocenters. The van der Waals surface area contributed by atoms with Crippen molar-refractivity contribution in [1.82, 2.24) is 4.90 Å². The van der Waals surface area contributed by atoms with E-state index >= 15 is 0 Å². The number of nitrogens with zero attached hydrogens (tertiary/aromatic N) is 2. The second kappa shape index (κ2) is 9.62. The number of anilines is 2. The fourth-order valence-corrected chi connectivity index (χ4v) is 6.24. The number of amides is 2. The van der Waals surface area contributed by atoms with Crippen molar-refractivity contribution in [1.29, 1.82) is 0 Å². The van der Waals surface area contributed by atoms with Gasteiger partial charge in [-0.2, -0.15) is 0 Å². The molecule has 5 rings (SSSR count). The van der Waals surface area contributed by atoms with E-state index in [0.29, 0.717) is 9.23 Å². The van der Waals surface area contributed by atoms with Crippen LogP contribution in [0.15, 0.2) is 105 Å². The first-order valence-electron chi connectivity index (χ1n) is 10.7. The molecule has 2 amide bonds. The number of thiocarbonyl (C=S) groups is 1. The molecular formula is C27H20N2O2S3. The van der Waals surface area contributed by atoms with E-state index in [0.717, 1.165) is 32.3 Å². The van der Waals surface area contributed by atoms with Crippen LogP contribution in [0.1, 0.15) is 12.5 Å². The standard InChI is InChI=1S/C27H20N2O2S3/c1-18(15-19-9-3-2-4-10-19)16-24-26(31)28(27(32)34-24)17-25(30)29-20-11-5-7-13-22(20)33-23-14-8-6-12-21(23)29/h2-16H,17H2,1H3/b18-15+,24-16-. The van der Waals surface area contributed by atoms with Gasteiger partial charge in [0.15, 0.2) is 0 Å². The minimum absolute atomic E-state index is 0.114. The fraction of sp³-hybridized carbons (Fsp3) is 0.0741. The topological polar surface area (TPSA) is 40.6 Å². The van der Waals surface area contributed by atoms with Crippen molar-refractivity contribution in [2.24, 2.45) is 0 Å². The van der Waals surface area contributed by atoms with Gasteiger partial charge in [0.05, 0.1) is 16.3 Å². The fourth-order valence-electron chi connectivity index (χ4n) is 3.88. The van der Waals surface area contributed by atoms with E-state index in [4.69, 9.17) is 12.2 Å². The third-order valence-corrected chi connectivity index (χ3v) is 7.91. The number of carbonyl (C=O) groups excluding carboxylic acids is 2. The number of rotatable bonds is 4. The largest absolute Gasteiger partial charge is 0.283 e. The molecule has 4 nitrogen and oxygen atoms in total. The maximum atomic E-state index is 13.6. The van der Waals surface area contributed by atoms with Crippen LogP contribution in [0.25, 0.3) is 6.08 Å².